The highest BCUT2D eigenvalue weighted by Crippen LogP contribution is 1.99. The van der Waals surface area contributed by atoms with Crippen LogP contribution in [0.5, 0.6) is 0 Å². The van der Waals surface area contributed by atoms with E-state index in [2.05, 4.69) is 15.5 Å². The number of hydrogen-bond donors (Lipinski definition) is 2. The van der Waals surface area contributed by atoms with Crippen LogP contribution in [0.3, 0.4) is 0 Å². The summed E-state index contributed by atoms with van der Waals surface area (Å²) in [6.45, 7) is 0. The van der Waals surface area contributed by atoms with Crippen molar-refractivity contribution in [3.8, 4) is 5.69 Å². The fourth-order valence-electron chi connectivity index (χ4n) is 1.34. The second-order valence-corrected chi connectivity index (χ2v) is 3.00. The third-order valence-corrected chi connectivity index (χ3v) is 1.99. The van der Waals surface area contributed by atoms with Crippen molar-refractivity contribution in [2.45, 2.75) is 0 Å². The molecule has 1 aromatic carbocycles. The number of hydrogen-bond acceptors (Lipinski definition) is 4. The van der Waals surface area contributed by atoms with E-state index in [1.165, 1.54) is 7.11 Å². The zero-order valence-electron chi connectivity index (χ0n) is 8.51. The Hall–Kier alpha value is -2.28. The van der Waals surface area contributed by atoms with E-state index in [0.29, 0.717) is 5.69 Å². The second kappa shape index (κ2) is 4.07. The van der Waals surface area contributed by atoms with Crippen LogP contribution in [0.1, 0.15) is 0 Å². The Morgan fingerprint density at radius 3 is 2.56 bits per heavy atom. The molecule has 0 aliphatic rings. The van der Waals surface area contributed by atoms with Gasteiger partial charge >= 0.3 is 11.4 Å². The van der Waals surface area contributed by atoms with Gasteiger partial charge in [-0.3, -0.25) is 4.84 Å². The average molecular weight is 222 g/mol. The third-order valence-electron chi connectivity index (χ3n) is 1.99. The fourth-order valence-corrected chi connectivity index (χ4v) is 1.34. The Bertz CT molecular complexity index is 581. The molecule has 7 heteroatoms. The molecule has 0 saturated heterocycles. The number of benzene rings is 1. The molecule has 16 heavy (non-hydrogen) atoms. The first-order valence-corrected chi connectivity index (χ1v) is 4.52. The molecule has 0 radical (unpaired) electrons. The number of para-hydroxylation sites is 1. The van der Waals surface area contributed by atoms with Gasteiger partial charge in [0.15, 0.2) is 0 Å². The van der Waals surface area contributed by atoms with Crippen molar-refractivity contribution in [1.29, 1.82) is 0 Å². The van der Waals surface area contributed by atoms with Crippen molar-refractivity contribution in [2.75, 3.05) is 12.7 Å². The largest absolute Gasteiger partial charge is 0.372 e. The van der Waals surface area contributed by atoms with Gasteiger partial charge in [0.2, 0.25) is 0 Å². The minimum absolute atomic E-state index is 0.491. The Kier molecular flexibility index (Phi) is 2.61. The van der Waals surface area contributed by atoms with E-state index >= 15 is 0 Å². The number of aromatic nitrogens is 3. The maximum Gasteiger partial charge on any atom is 0.372 e. The molecular formula is C9H10N4O3. The van der Waals surface area contributed by atoms with Crippen molar-refractivity contribution in [3.05, 3.63) is 51.3 Å². The summed E-state index contributed by atoms with van der Waals surface area (Å²) in [5.41, 5.74) is 1.63. The minimum Gasteiger partial charge on any atom is -0.262 e. The molecule has 2 N–H and O–H groups in total. The highest BCUT2D eigenvalue weighted by atomic mass is 16.7. The Balaban J connectivity index is 2.59. The van der Waals surface area contributed by atoms with E-state index in [1.807, 2.05) is 0 Å². The van der Waals surface area contributed by atoms with E-state index in [-0.39, 0.29) is 0 Å². The smallest absolute Gasteiger partial charge is 0.262 e. The number of H-pyrrole nitrogens is 1. The van der Waals surface area contributed by atoms with Crippen LogP contribution >= 0.6 is 0 Å². The SMILES string of the molecule is CONn1[nH]c(=O)n(-c2ccccc2)c1=O. The van der Waals surface area contributed by atoms with Crippen LogP contribution in [0.25, 0.3) is 5.69 Å². The number of nitrogens with zero attached hydrogens (tertiary/aromatic N) is 2. The molecule has 7 nitrogen and oxygen atoms in total. The molecule has 0 atom stereocenters. The van der Waals surface area contributed by atoms with Crippen molar-refractivity contribution in [1.82, 2.24) is 14.5 Å². The lowest BCUT2D eigenvalue weighted by molar-refractivity contribution is 0.207. The van der Waals surface area contributed by atoms with Crippen LogP contribution in [0.2, 0.25) is 0 Å². The van der Waals surface area contributed by atoms with Crippen molar-refractivity contribution < 1.29 is 4.84 Å². The first-order valence-electron chi connectivity index (χ1n) is 4.52. The van der Waals surface area contributed by atoms with Gasteiger partial charge in [-0.05, 0) is 12.1 Å². The lowest BCUT2D eigenvalue weighted by Crippen LogP contribution is -2.31. The molecule has 0 aliphatic heterocycles. The highest BCUT2D eigenvalue weighted by Gasteiger charge is 2.09. The summed E-state index contributed by atoms with van der Waals surface area (Å²) in [6, 6.07) is 8.60. The summed E-state index contributed by atoms with van der Waals surface area (Å²) in [5.74, 6) is 0. The molecular weight excluding hydrogens is 212 g/mol. The first kappa shape index (κ1) is 10.2. The molecule has 1 aromatic heterocycles. The van der Waals surface area contributed by atoms with Gasteiger partial charge in [0.1, 0.15) is 0 Å². The summed E-state index contributed by atoms with van der Waals surface area (Å²) >= 11 is 0. The molecule has 2 aromatic rings. The van der Waals surface area contributed by atoms with Crippen LogP contribution in [0.15, 0.2) is 39.9 Å². The van der Waals surface area contributed by atoms with Gasteiger partial charge < -0.3 is 0 Å². The summed E-state index contributed by atoms with van der Waals surface area (Å²) in [4.78, 5) is 28.7. The van der Waals surface area contributed by atoms with E-state index < -0.39 is 11.4 Å². The summed E-state index contributed by atoms with van der Waals surface area (Å²) in [6.07, 6.45) is 0. The second-order valence-electron chi connectivity index (χ2n) is 3.00. The minimum atomic E-state index is -0.557. The van der Waals surface area contributed by atoms with Gasteiger partial charge in [-0.25, -0.2) is 19.3 Å². The van der Waals surface area contributed by atoms with Crippen LogP contribution < -0.4 is 17.0 Å². The van der Waals surface area contributed by atoms with Crippen LogP contribution in [0.4, 0.5) is 0 Å². The van der Waals surface area contributed by atoms with Crippen LogP contribution in [0, 0.1) is 0 Å². The monoisotopic (exact) mass is 222 g/mol. The molecule has 0 bridgehead atoms. The fraction of sp³-hybridized carbons (Fsp3) is 0.111. The highest BCUT2D eigenvalue weighted by molar-refractivity contribution is 5.30. The zero-order chi connectivity index (χ0) is 11.5. The van der Waals surface area contributed by atoms with Gasteiger partial charge in [0.25, 0.3) is 0 Å². The van der Waals surface area contributed by atoms with E-state index in [0.717, 1.165) is 9.36 Å². The van der Waals surface area contributed by atoms with E-state index in [1.54, 1.807) is 30.3 Å². The number of aromatic amines is 1. The summed E-state index contributed by atoms with van der Waals surface area (Å²) in [5, 5.41) is 2.29. The van der Waals surface area contributed by atoms with Crippen molar-refractivity contribution in [3.63, 3.8) is 0 Å². The molecule has 84 valence electrons. The zero-order valence-corrected chi connectivity index (χ0v) is 8.51. The van der Waals surface area contributed by atoms with Gasteiger partial charge in [0.05, 0.1) is 12.8 Å². The molecule has 0 saturated carbocycles. The van der Waals surface area contributed by atoms with Gasteiger partial charge in [0, 0.05) is 0 Å². The molecule has 0 amide bonds. The Labute approximate surface area is 89.8 Å². The maximum atomic E-state index is 11.7. The van der Waals surface area contributed by atoms with E-state index in [9.17, 15) is 9.59 Å². The van der Waals surface area contributed by atoms with Crippen molar-refractivity contribution >= 4 is 0 Å². The van der Waals surface area contributed by atoms with Gasteiger partial charge in [-0.2, -0.15) is 5.59 Å². The maximum absolute atomic E-state index is 11.7. The molecule has 0 spiro atoms. The van der Waals surface area contributed by atoms with E-state index in [4.69, 9.17) is 0 Å². The first-order chi connectivity index (χ1) is 7.74. The predicted molar refractivity (Wildman–Crippen MR) is 57.0 cm³/mol. The normalized spacial score (nSPS) is 10.3. The number of nitrogens with one attached hydrogen (secondary N) is 2. The standard InChI is InChI=1S/C9H10N4O3/c1-16-11-13-9(15)12(8(14)10-13)7-5-3-2-4-6-7/h2-6,11H,1H3,(H,10,14). The number of rotatable bonds is 3. The average Bonchev–Trinajstić information content (AvgIpc) is 2.56. The molecule has 0 fully saturated rings. The lowest BCUT2D eigenvalue weighted by Gasteiger charge is -1.99. The summed E-state index contributed by atoms with van der Waals surface area (Å²) < 4.78 is 0.992. The lowest BCUT2D eigenvalue weighted by atomic mass is 10.3. The molecule has 1 heterocycles. The Morgan fingerprint density at radius 1 is 1.25 bits per heavy atom. The van der Waals surface area contributed by atoms with Crippen LogP contribution in [-0.4, -0.2) is 21.6 Å². The topological polar surface area (TPSA) is 81.0 Å². The quantitative estimate of drug-likeness (QED) is 0.681. The third kappa shape index (κ3) is 1.63. The Morgan fingerprint density at radius 2 is 1.94 bits per heavy atom. The predicted octanol–water partition coefficient (Wildman–Crippen LogP) is -0.568. The summed E-state index contributed by atoms with van der Waals surface area (Å²) in [7, 11) is 1.34. The molecule has 2 rings (SSSR count). The van der Waals surface area contributed by atoms with Gasteiger partial charge in [-0.15, -0.1) is 4.79 Å². The van der Waals surface area contributed by atoms with Gasteiger partial charge in [-0.1, -0.05) is 18.2 Å². The van der Waals surface area contributed by atoms with Crippen LogP contribution in [-0.2, 0) is 4.84 Å². The molecule has 0 aliphatic carbocycles. The van der Waals surface area contributed by atoms with Crippen molar-refractivity contribution in [2.24, 2.45) is 0 Å². The molecule has 0 unspecified atom stereocenters.